The molecule has 0 spiro atoms. The maximum Gasteiger partial charge on any atom is 0.253 e. The first-order chi connectivity index (χ1) is 12.2. The molecule has 4 rings (SSSR count). The van der Waals surface area contributed by atoms with Crippen LogP contribution in [0.3, 0.4) is 0 Å². The van der Waals surface area contributed by atoms with E-state index in [9.17, 15) is 4.79 Å². The molecular formula is C19H23N3O2S. The number of nitrogens with zero attached hydrogens (tertiary/aromatic N) is 3. The quantitative estimate of drug-likeness (QED) is 0.845. The van der Waals surface area contributed by atoms with Gasteiger partial charge in [-0.15, -0.1) is 11.3 Å². The van der Waals surface area contributed by atoms with Crippen LogP contribution in [0.4, 0.5) is 0 Å². The molecule has 1 saturated heterocycles. The lowest BCUT2D eigenvalue weighted by molar-refractivity contribution is -0.150. The highest BCUT2D eigenvalue weighted by atomic mass is 32.1. The number of aryl methyl sites for hydroxylation is 1. The van der Waals surface area contributed by atoms with Gasteiger partial charge in [0.15, 0.2) is 0 Å². The third kappa shape index (κ3) is 3.76. The minimum atomic E-state index is -0.362. The highest BCUT2D eigenvalue weighted by Gasteiger charge is 2.32. The third-order valence-electron chi connectivity index (χ3n) is 4.92. The molecule has 0 saturated carbocycles. The molecule has 6 heteroatoms. The fourth-order valence-electron chi connectivity index (χ4n) is 3.59. The Balaban J connectivity index is 1.38. The van der Waals surface area contributed by atoms with E-state index in [0.717, 1.165) is 36.8 Å². The van der Waals surface area contributed by atoms with Crippen molar-refractivity contribution < 1.29 is 9.53 Å². The minimum Gasteiger partial charge on any atom is -0.366 e. The molecule has 1 aromatic heterocycles. The summed E-state index contributed by atoms with van der Waals surface area (Å²) in [6.45, 7) is 6.39. The van der Waals surface area contributed by atoms with Crippen molar-refractivity contribution in [3.05, 3.63) is 51.5 Å². The number of morpholine rings is 1. The number of fused-ring (bicyclic) bond motifs is 1. The summed E-state index contributed by atoms with van der Waals surface area (Å²) >= 11 is 1.67. The normalized spacial score (nSPS) is 21.2. The molecule has 0 aliphatic carbocycles. The number of hydrogen-bond donors (Lipinski definition) is 0. The molecule has 1 aromatic carbocycles. The topological polar surface area (TPSA) is 45.7 Å². The van der Waals surface area contributed by atoms with Crippen LogP contribution in [0.5, 0.6) is 0 Å². The van der Waals surface area contributed by atoms with E-state index in [0.29, 0.717) is 19.7 Å². The van der Waals surface area contributed by atoms with Crippen molar-refractivity contribution >= 4 is 17.2 Å². The lowest BCUT2D eigenvalue weighted by Crippen LogP contribution is -2.51. The predicted molar refractivity (Wildman–Crippen MR) is 97.4 cm³/mol. The average Bonchev–Trinajstić information content (AvgIpc) is 3.05. The van der Waals surface area contributed by atoms with Crippen molar-refractivity contribution in [3.8, 4) is 0 Å². The van der Waals surface area contributed by atoms with Crippen molar-refractivity contribution in [2.75, 3.05) is 26.2 Å². The second-order valence-corrected chi connectivity index (χ2v) is 7.79. The average molecular weight is 357 g/mol. The van der Waals surface area contributed by atoms with E-state index in [1.807, 2.05) is 17.9 Å². The standard InChI is InChI=1S/C19H23N3O2S/c1-14-20-17(13-25-14)11-21-8-9-24-18(12-21)19(23)22-7-6-15-4-2-3-5-16(15)10-22/h2-5,13,18H,6-12H2,1H3. The van der Waals surface area contributed by atoms with Gasteiger partial charge in [-0.2, -0.15) is 0 Å². The van der Waals surface area contributed by atoms with E-state index in [4.69, 9.17) is 4.74 Å². The summed E-state index contributed by atoms with van der Waals surface area (Å²) in [6.07, 6.45) is 0.565. The summed E-state index contributed by atoms with van der Waals surface area (Å²) in [5.74, 6) is 0.119. The van der Waals surface area contributed by atoms with Crippen LogP contribution in [0, 0.1) is 6.92 Å². The fraction of sp³-hybridized carbons (Fsp3) is 0.474. The Bertz CT molecular complexity index is 761. The largest absolute Gasteiger partial charge is 0.366 e. The maximum atomic E-state index is 12.9. The van der Waals surface area contributed by atoms with Crippen molar-refractivity contribution in [1.82, 2.24) is 14.8 Å². The molecule has 1 amide bonds. The van der Waals surface area contributed by atoms with Gasteiger partial charge < -0.3 is 9.64 Å². The van der Waals surface area contributed by atoms with Crippen LogP contribution in [0.1, 0.15) is 21.8 Å². The molecule has 1 fully saturated rings. The summed E-state index contributed by atoms with van der Waals surface area (Å²) in [6, 6.07) is 8.39. The first-order valence-corrected chi connectivity index (χ1v) is 9.67. The molecule has 1 atom stereocenters. The number of thiazole rings is 1. The van der Waals surface area contributed by atoms with E-state index in [1.165, 1.54) is 11.1 Å². The van der Waals surface area contributed by atoms with E-state index in [2.05, 4.69) is 33.5 Å². The van der Waals surface area contributed by atoms with Gasteiger partial charge in [-0.3, -0.25) is 9.69 Å². The number of carbonyl (C=O) groups is 1. The number of aromatic nitrogens is 1. The Hall–Kier alpha value is -1.76. The highest BCUT2D eigenvalue weighted by Crippen LogP contribution is 2.21. The third-order valence-corrected chi connectivity index (χ3v) is 5.74. The molecule has 1 unspecified atom stereocenters. The van der Waals surface area contributed by atoms with Gasteiger partial charge in [0.05, 0.1) is 17.3 Å². The van der Waals surface area contributed by atoms with Crippen LogP contribution >= 0.6 is 11.3 Å². The highest BCUT2D eigenvalue weighted by molar-refractivity contribution is 7.09. The Morgan fingerprint density at radius 2 is 2.16 bits per heavy atom. The smallest absolute Gasteiger partial charge is 0.253 e. The molecule has 0 N–H and O–H groups in total. The number of carbonyl (C=O) groups excluding carboxylic acids is 1. The van der Waals surface area contributed by atoms with E-state index < -0.39 is 0 Å². The van der Waals surface area contributed by atoms with Crippen LogP contribution < -0.4 is 0 Å². The Morgan fingerprint density at radius 3 is 2.96 bits per heavy atom. The zero-order valence-corrected chi connectivity index (χ0v) is 15.3. The van der Waals surface area contributed by atoms with Crippen LogP contribution in [0.25, 0.3) is 0 Å². The van der Waals surface area contributed by atoms with Gasteiger partial charge in [0.2, 0.25) is 0 Å². The first-order valence-electron chi connectivity index (χ1n) is 8.79. The maximum absolute atomic E-state index is 12.9. The fourth-order valence-corrected chi connectivity index (χ4v) is 4.20. The number of benzene rings is 1. The van der Waals surface area contributed by atoms with E-state index in [-0.39, 0.29) is 12.0 Å². The lowest BCUT2D eigenvalue weighted by Gasteiger charge is -2.36. The predicted octanol–water partition coefficient (Wildman–Crippen LogP) is 2.24. The van der Waals surface area contributed by atoms with Gasteiger partial charge in [0.25, 0.3) is 5.91 Å². The van der Waals surface area contributed by atoms with Crippen molar-refractivity contribution in [3.63, 3.8) is 0 Å². The number of rotatable bonds is 3. The van der Waals surface area contributed by atoms with Crippen LogP contribution in [-0.2, 0) is 29.0 Å². The van der Waals surface area contributed by atoms with Crippen LogP contribution in [0.2, 0.25) is 0 Å². The van der Waals surface area contributed by atoms with Gasteiger partial charge in [-0.05, 0) is 24.5 Å². The lowest BCUT2D eigenvalue weighted by atomic mass is 9.99. The number of amides is 1. The minimum absolute atomic E-state index is 0.119. The van der Waals surface area contributed by atoms with E-state index >= 15 is 0 Å². The SMILES string of the molecule is Cc1nc(CN2CCOC(C(=O)N3CCc4ccccc4C3)C2)cs1. The molecule has 2 aromatic rings. The van der Waals surface area contributed by atoms with Crippen LogP contribution in [0.15, 0.2) is 29.6 Å². The molecule has 0 bridgehead atoms. The van der Waals surface area contributed by atoms with Crippen molar-refractivity contribution in [2.45, 2.75) is 32.5 Å². The summed E-state index contributed by atoms with van der Waals surface area (Å²) in [5, 5.41) is 3.19. The summed E-state index contributed by atoms with van der Waals surface area (Å²) in [5.41, 5.74) is 3.70. The van der Waals surface area contributed by atoms with Crippen molar-refractivity contribution in [2.24, 2.45) is 0 Å². The van der Waals surface area contributed by atoms with Gasteiger partial charge in [0.1, 0.15) is 6.10 Å². The molecule has 25 heavy (non-hydrogen) atoms. The zero-order chi connectivity index (χ0) is 17.2. The number of ether oxygens (including phenoxy) is 1. The Labute approximate surface area is 152 Å². The molecule has 0 radical (unpaired) electrons. The molecule has 132 valence electrons. The molecule has 2 aliphatic rings. The monoisotopic (exact) mass is 357 g/mol. The molecule has 3 heterocycles. The second-order valence-electron chi connectivity index (χ2n) is 6.73. The molecule has 5 nitrogen and oxygen atoms in total. The zero-order valence-electron chi connectivity index (χ0n) is 14.5. The van der Waals surface area contributed by atoms with Crippen LogP contribution in [-0.4, -0.2) is 53.0 Å². The van der Waals surface area contributed by atoms with Gasteiger partial charge in [-0.25, -0.2) is 4.98 Å². The first kappa shape index (κ1) is 16.7. The summed E-state index contributed by atoms with van der Waals surface area (Å²) < 4.78 is 5.80. The molecular weight excluding hydrogens is 334 g/mol. The van der Waals surface area contributed by atoms with Gasteiger partial charge in [0, 0.05) is 38.1 Å². The Kier molecular flexibility index (Phi) is 4.83. The number of hydrogen-bond acceptors (Lipinski definition) is 5. The second kappa shape index (κ2) is 7.23. The Morgan fingerprint density at radius 1 is 1.32 bits per heavy atom. The summed E-state index contributed by atoms with van der Waals surface area (Å²) in [7, 11) is 0. The summed E-state index contributed by atoms with van der Waals surface area (Å²) in [4.78, 5) is 21.7. The van der Waals surface area contributed by atoms with Crippen molar-refractivity contribution in [1.29, 1.82) is 0 Å². The van der Waals surface area contributed by atoms with Gasteiger partial charge in [-0.1, -0.05) is 24.3 Å². The molecule has 2 aliphatic heterocycles. The van der Waals surface area contributed by atoms with E-state index in [1.54, 1.807) is 11.3 Å². The van der Waals surface area contributed by atoms with Gasteiger partial charge >= 0.3 is 0 Å².